The summed E-state index contributed by atoms with van der Waals surface area (Å²) in [6.45, 7) is 2.17. The number of hydrogen-bond donors (Lipinski definition) is 1. The first kappa shape index (κ1) is 16.9. The molecule has 24 heavy (non-hydrogen) atoms. The highest BCUT2D eigenvalue weighted by Crippen LogP contribution is 2.32. The van der Waals surface area contributed by atoms with Gasteiger partial charge in [0, 0.05) is 38.1 Å². The van der Waals surface area contributed by atoms with Crippen molar-refractivity contribution in [3.8, 4) is 5.75 Å². The minimum absolute atomic E-state index is 0.434. The maximum absolute atomic E-state index is 11.2. The lowest BCUT2D eigenvalue weighted by atomic mass is 9.95. The van der Waals surface area contributed by atoms with Crippen LogP contribution in [-0.4, -0.2) is 56.7 Å². The van der Waals surface area contributed by atoms with E-state index in [-0.39, 0.29) is 0 Å². The lowest BCUT2D eigenvalue weighted by Gasteiger charge is -2.41. The Morgan fingerprint density at radius 1 is 1.42 bits per heavy atom. The van der Waals surface area contributed by atoms with Crippen molar-refractivity contribution in [3.05, 3.63) is 24.4 Å². The number of anilines is 1. The number of hydrogen-bond acceptors (Lipinski definition) is 6. The highest BCUT2D eigenvalue weighted by Gasteiger charge is 2.29. The zero-order chi connectivity index (χ0) is 17.3. The Kier molecular flexibility index (Phi) is 4.57. The molecule has 0 radical (unpaired) electrons. The van der Waals surface area contributed by atoms with Gasteiger partial charge in [0.05, 0.1) is 24.5 Å². The van der Waals surface area contributed by atoms with Crippen molar-refractivity contribution >= 4 is 26.8 Å². The van der Waals surface area contributed by atoms with Gasteiger partial charge in [0.1, 0.15) is 5.75 Å². The highest BCUT2D eigenvalue weighted by molar-refractivity contribution is 7.86. The van der Waals surface area contributed by atoms with Crippen molar-refractivity contribution in [3.63, 3.8) is 0 Å². The molecule has 1 fully saturated rings. The number of aromatic nitrogens is 2. The van der Waals surface area contributed by atoms with Gasteiger partial charge in [-0.15, -0.1) is 0 Å². The molecule has 2 aromatic rings. The zero-order valence-electron chi connectivity index (χ0n) is 13.7. The van der Waals surface area contributed by atoms with Crippen LogP contribution in [0.5, 0.6) is 5.75 Å². The summed E-state index contributed by atoms with van der Waals surface area (Å²) in [5.41, 5.74) is 1.84. The second kappa shape index (κ2) is 6.50. The Balaban J connectivity index is 1.65. The fraction of sp³-hybridized carbons (Fsp3) is 0.467. The number of fused-ring (bicyclic) bond motifs is 1. The van der Waals surface area contributed by atoms with Gasteiger partial charge < -0.3 is 9.64 Å². The molecule has 1 aromatic carbocycles. The first-order chi connectivity index (χ1) is 11.4. The third-order valence-electron chi connectivity index (χ3n) is 4.41. The van der Waals surface area contributed by atoms with Crippen LogP contribution in [0.2, 0.25) is 0 Å². The molecule has 8 nitrogen and oxygen atoms in total. The average molecular weight is 351 g/mol. The second-order valence-corrected chi connectivity index (χ2v) is 7.69. The Morgan fingerprint density at radius 3 is 2.83 bits per heavy atom. The van der Waals surface area contributed by atoms with Crippen LogP contribution in [0.4, 0.5) is 5.69 Å². The molecule has 0 bridgehead atoms. The fourth-order valence-electron chi connectivity index (χ4n) is 2.85. The molecule has 9 heteroatoms. The van der Waals surface area contributed by atoms with E-state index < -0.39 is 10.2 Å². The summed E-state index contributed by atoms with van der Waals surface area (Å²) >= 11 is 0. The standard InChI is InChI=1S/C15H21N5O3S/c1-19(24(16,21)22)6-5-11-9-20(10-11)15-8-17-18-14-7-12(23-2)3-4-13(14)15/h3-4,7-8,11H,5-6,9-10H2,1-2H3,(H2,16,21,22). The number of nitrogens with two attached hydrogens (primary N) is 1. The van der Waals surface area contributed by atoms with Crippen molar-refractivity contribution in [2.75, 3.05) is 38.7 Å². The second-order valence-electron chi connectivity index (χ2n) is 6.04. The molecular weight excluding hydrogens is 330 g/mol. The van der Waals surface area contributed by atoms with Crippen LogP contribution in [-0.2, 0) is 10.2 Å². The molecule has 2 N–H and O–H groups in total. The SMILES string of the molecule is COc1ccc2c(N3CC(CCN(C)S(N)(=O)=O)C3)cnnc2c1. The van der Waals surface area contributed by atoms with Gasteiger partial charge in [-0.2, -0.15) is 22.9 Å². The van der Waals surface area contributed by atoms with Crippen molar-refractivity contribution < 1.29 is 13.2 Å². The third kappa shape index (κ3) is 3.42. The van der Waals surface area contributed by atoms with Crippen LogP contribution in [0.1, 0.15) is 6.42 Å². The van der Waals surface area contributed by atoms with Crippen molar-refractivity contribution in [1.29, 1.82) is 0 Å². The third-order valence-corrected chi connectivity index (χ3v) is 5.46. The molecular formula is C15H21N5O3S. The van der Waals surface area contributed by atoms with Crippen LogP contribution >= 0.6 is 0 Å². The van der Waals surface area contributed by atoms with E-state index in [1.165, 1.54) is 11.4 Å². The molecule has 0 saturated carbocycles. The van der Waals surface area contributed by atoms with Crippen LogP contribution < -0.4 is 14.8 Å². The van der Waals surface area contributed by atoms with E-state index in [9.17, 15) is 8.42 Å². The maximum atomic E-state index is 11.2. The zero-order valence-corrected chi connectivity index (χ0v) is 14.5. The topological polar surface area (TPSA) is 102 Å². The van der Waals surface area contributed by atoms with Gasteiger partial charge in [-0.05, 0) is 24.5 Å². The monoisotopic (exact) mass is 351 g/mol. The molecule has 0 amide bonds. The van der Waals surface area contributed by atoms with Gasteiger partial charge in [0.15, 0.2) is 0 Å². The van der Waals surface area contributed by atoms with Gasteiger partial charge in [-0.3, -0.25) is 0 Å². The predicted octanol–water partition coefficient (Wildman–Crippen LogP) is 0.600. The van der Waals surface area contributed by atoms with Gasteiger partial charge >= 0.3 is 0 Å². The maximum Gasteiger partial charge on any atom is 0.276 e. The molecule has 1 saturated heterocycles. The van der Waals surface area contributed by atoms with Gasteiger partial charge in [-0.25, -0.2) is 5.14 Å². The summed E-state index contributed by atoms with van der Waals surface area (Å²) in [5, 5.41) is 14.3. The molecule has 0 atom stereocenters. The quantitative estimate of drug-likeness (QED) is 0.818. The number of ether oxygens (including phenoxy) is 1. The number of benzene rings is 1. The van der Waals surface area contributed by atoms with E-state index in [4.69, 9.17) is 9.88 Å². The number of methoxy groups -OCH3 is 1. The van der Waals surface area contributed by atoms with E-state index in [1.54, 1.807) is 13.3 Å². The predicted molar refractivity (Wildman–Crippen MR) is 92.1 cm³/mol. The molecule has 0 unspecified atom stereocenters. The first-order valence-corrected chi connectivity index (χ1v) is 9.17. The van der Waals surface area contributed by atoms with Crippen molar-refractivity contribution in [2.24, 2.45) is 11.1 Å². The smallest absolute Gasteiger partial charge is 0.276 e. The van der Waals surface area contributed by atoms with Crippen molar-refractivity contribution in [1.82, 2.24) is 14.5 Å². The van der Waals surface area contributed by atoms with E-state index in [0.29, 0.717) is 12.5 Å². The Bertz CT molecular complexity index is 836. The molecule has 1 aliphatic heterocycles. The van der Waals surface area contributed by atoms with E-state index >= 15 is 0 Å². The van der Waals surface area contributed by atoms with Gasteiger partial charge in [-0.1, -0.05) is 0 Å². The lowest BCUT2D eigenvalue weighted by molar-refractivity contribution is 0.345. The molecule has 3 rings (SSSR count). The summed E-state index contributed by atoms with van der Waals surface area (Å²) < 4.78 is 28.8. The summed E-state index contributed by atoms with van der Waals surface area (Å²) in [6.07, 6.45) is 2.55. The summed E-state index contributed by atoms with van der Waals surface area (Å²) in [7, 11) is -0.473. The number of nitrogens with zero attached hydrogens (tertiary/aromatic N) is 4. The molecule has 0 aliphatic carbocycles. The molecule has 0 spiro atoms. The first-order valence-electron chi connectivity index (χ1n) is 7.67. The summed E-state index contributed by atoms with van der Waals surface area (Å²) in [5.74, 6) is 1.19. The molecule has 1 aliphatic rings. The van der Waals surface area contributed by atoms with Crippen LogP contribution in [0.3, 0.4) is 0 Å². The Morgan fingerprint density at radius 2 is 2.17 bits per heavy atom. The van der Waals surface area contributed by atoms with Crippen LogP contribution in [0.15, 0.2) is 24.4 Å². The lowest BCUT2D eigenvalue weighted by Crippen LogP contribution is -2.48. The van der Waals surface area contributed by atoms with E-state index in [1.807, 2.05) is 18.2 Å². The molecule has 130 valence electrons. The largest absolute Gasteiger partial charge is 0.497 e. The Labute approximate surface area is 141 Å². The number of rotatable bonds is 6. The van der Waals surface area contributed by atoms with E-state index in [0.717, 1.165) is 41.9 Å². The van der Waals surface area contributed by atoms with Crippen molar-refractivity contribution in [2.45, 2.75) is 6.42 Å². The molecule has 1 aromatic heterocycles. The molecule has 2 heterocycles. The van der Waals surface area contributed by atoms with Crippen LogP contribution in [0.25, 0.3) is 10.9 Å². The highest BCUT2D eigenvalue weighted by atomic mass is 32.2. The van der Waals surface area contributed by atoms with E-state index in [2.05, 4.69) is 15.1 Å². The Hall–Kier alpha value is -1.97. The minimum Gasteiger partial charge on any atom is -0.497 e. The normalized spacial score (nSPS) is 15.8. The van der Waals surface area contributed by atoms with Gasteiger partial charge in [0.25, 0.3) is 10.2 Å². The van der Waals surface area contributed by atoms with Crippen LogP contribution in [0, 0.1) is 5.92 Å². The minimum atomic E-state index is -3.59. The average Bonchev–Trinajstić information content (AvgIpc) is 2.51. The summed E-state index contributed by atoms with van der Waals surface area (Å²) in [4.78, 5) is 2.23. The van der Waals surface area contributed by atoms with Gasteiger partial charge in [0.2, 0.25) is 0 Å². The fourth-order valence-corrected chi connectivity index (χ4v) is 3.21. The summed E-state index contributed by atoms with van der Waals surface area (Å²) in [6, 6.07) is 5.76.